The lowest BCUT2D eigenvalue weighted by atomic mass is 10.2. The molecule has 1 amide bonds. The Hall–Kier alpha value is -1.66. The van der Waals surface area contributed by atoms with E-state index in [9.17, 15) is 4.79 Å². The van der Waals surface area contributed by atoms with Crippen LogP contribution in [-0.2, 0) is 6.54 Å². The molecule has 0 aliphatic heterocycles. The molecule has 2 heterocycles. The first-order valence-electron chi connectivity index (χ1n) is 8.05. The zero-order valence-electron chi connectivity index (χ0n) is 14.0. The van der Waals surface area contributed by atoms with Gasteiger partial charge in [-0.15, -0.1) is 11.3 Å². The van der Waals surface area contributed by atoms with E-state index in [1.54, 1.807) is 0 Å². The average Bonchev–Trinajstić information content (AvgIpc) is 3.17. The monoisotopic (exact) mass is 420 g/mol. The van der Waals surface area contributed by atoms with Crippen molar-refractivity contribution in [3.63, 3.8) is 0 Å². The van der Waals surface area contributed by atoms with Crippen molar-refractivity contribution in [3.05, 3.63) is 61.7 Å². The normalized spacial score (nSPS) is 12.4. The number of halogens is 2. The molecule has 0 aliphatic carbocycles. The fourth-order valence-electron chi connectivity index (χ4n) is 2.99. The Kier molecular flexibility index (Phi) is 4.65. The minimum absolute atomic E-state index is 0.321. The Labute approximate surface area is 168 Å². The highest BCUT2D eigenvalue weighted by Crippen LogP contribution is 2.35. The quantitative estimate of drug-likeness (QED) is 0.374. The van der Waals surface area contributed by atoms with E-state index < -0.39 is 0 Å². The number of fused-ring (bicyclic) bond motifs is 2. The van der Waals surface area contributed by atoms with Gasteiger partial charge >= 0.3 is 0 Å². The topological polar surface area (TPSA) is 34.4 Å². The number of aryl methyl sites for hydroxylation is 2. The van der Waals surface area contributed by atoms with Gasteiger partial charge in [0.2, 0.25) is 0 Å². The predicted molar refractivity (Wildman–Crippen MR) is 112 cm³/mol. The molecule has 132 valence electrons. The smallest absolute Gasteiger partial charge is 0.291 e. The number of aromatic nitrogens is 1. The van der Waals surface area contributed by atoms with Gasteiger partial charge in [-0.05, 0) is 31.5 Å². The maximum absolute atomic E-state index is 12.8. The van der Waals surface area contributed by atoms with Crippen LogP contribution in [0.4, 0.5) is 0 Å². The lowest BCUT2D eigenvalue weighted by molar-refractivity contribution is 0.100. The molecule has 0 fully saturated rings. The molecule has 2 aromatic carbocycles. The van der Waals surface area contributed by atoms with Crippen molar-refractivity contribution in [2.75, 3.05) is 0 Å². The molecule has 0 saturated carbocycles. The fourth-order valence-corrected chi connectivity index (χ4v) is 5.83. The summed E-state index contributed by atoms with van der Waals surface area (Å²) < 4.78 is 3.96. The van der Waals surface area contributed by atoms with Gasteiger partial charge in [0.25, 0.3) is 5.91 Å². The largest absolute Gasteiger partial charge is 0.316 e. The number of rotatable bonds is 2. The Balaban J connectivity index is 1.93. The van der Waals surface area contributed by atoms with E-state index in [-0.39, 0.29) is 5.91 Å². The van der Waals surface area contributed by atoms with E-state index >= 15 is 0 Å². The predicted octanol–water partition coefficient (Wildman–Crippen LogP) is 6.29. The van der Waals surface area contributed by atoms with Crippen LogP contribution in [0.2, 0.25) is 10.0 Å². The molecule has 0 atom stereocenters. The lowest BCUT2D eigenvalue weighted by Gasteiger charge is -2.04. The van der Waals surface area contributed by atoms with Gasteiger partial charge in [0, 0.05) is 16.6 Å². The van der Waals surface area contributed by atoms with Crippen LogP contribution in [0.1, 0.15) is 22.2 Å². The molecule has 0 bridgehead atoms. The minimum Gasteiger partial charge on any atom is -0.316 e. The zero-order chi connectivity index (χ0) is 18.4. The minimum atomic E-state index is -0.321. The summed E-state index contributed by atoms with van der Waals surface area (Å²) in [6.07, 6.45) is 0. The summed E-state index contributed by atoms with van der Waals surface area (Å²) in [4.78, 5) is 18.3. The first kappa shape index (κ1) is 17.7. The van der Waals surface area contributed by atoms with Crippen molar-refractivity contribution >= 4 is 72.1 Å². The second kappa shape index (κ2) is 6.82. The van der Waals surface area contributed by atoms with Crippen molar-refractivity contribution in [1.82, 2.24) is 4.57 Å². The van der Waals surface area contributed by atoms with Crippen LogP contribution in [0.25, 0.3) is 20.3 Å². The summed E-state index contributed by atoms with van der Waals surface area (Å²) in [5.74, 6) is -0.321. The third-order valence-corrected chi connectivity index (χ3v) is 7.42. The summed E-state index contributed by atoms with van der Waals surface area (Å²) in [6.45, 7) is 4.77. The van der Waals surface area contributed by atoms with Gasteiger partial charge in [0.1, 0.15) is 4.88 Å². The first-order chi connectivity index (χ1) is 12.5. The van der Waals surface area contributed by atoms with Crippen molar-refractivity contribution < 1.29 is 4.79 Å². The lowest BCUT2D eigenvalue weighted by Crippen LogP contribution is -2.16. The summed E-state index contributed by atoms with van der Waals surface area (Å²) >= 11 is 15.6. The summed E-state index contributed by atoms with van der Waals surface area (Å²) in [6, 6.07) is 11.6. The van der Waals surface area contributed by atoms with Gasteiger partial charge in [-0.2, -0.15) is 4.99 Å². The molecule has 0 aliphatic rings. The number of hydrogen-bond acceptors (Lipinski definition) is 3. The van der Waals surface area contributed by atoms with Gasteiger partial charge in [-0.25, -0.2) is 0 Å². The van der Waals surface area contributed by atoms with E-state index in [1.165, 1.54) is 22.7 Å². The van der Waals surface area contributed by atoms with E-state index in [1.807, 2.05) is 54.8 Å². The highest BCUT2D eigenvalue weighted by atomic mass is 35.5. The van der Waals surface area contributed by atoms with Crippen LogP contribution in [0, 0.1) is 6.92 Å². The molecule has 0 radical (unpaired) electrons. The number of thiophene rings is 1. The molecule has 26 heavy (non-hydrogen) atoms. The van der Waals surface area contributed by atoms with Crippen LogP contribution >= 0.6 is 45.9 Å². The van der Waals surface area contributed by atoms with E-state index in [2.05, 4.69) is 4.99 Å². The highest BCUT2D eigenvalue weighted by Gasteiger charge is 2.18. The SMILES string of the molecule is CCn1c(=NC(=O)c2sc3ccccc3c2Cl)sc2c(Cl)ccc(C)c21. The van der Waals surface area contributed by atoms with E-state index in [4.69, 9.17) is 23.2 Å². The molecule has 0 spiro atoms. The van der Waals surface area contributed by atoms with Gasteiger partial charge in [0.15, 0.2) is 4.80 Å². The first-order valence-corrected chi connectivity index (χ1v) is 10.4. The molecule has 0 saturated heterocycles. The Bertz CT molecular complexity index is 1230. The maximum atomic E-state index is 12.8. The summed E-state index contributed by atoms with van der Waals surface area (Å²) in [5.41, 5.74) is 2.13. The molecule has 4 rings (SSSR count). The summed E-state index contributed by atoms with van der Waals surface area (Å²) in [7, 11) is 0. The van der Waals surface area contributed by atoms with Gasteiger partial charge in [0.05, 0.1) is 20.3 Å². The summed E-state index contributed by atoms with van der Waals surface area (Å²) in [5, 5.41) is 2.03. The number of carbonyl (C=O) groups excluding carboxylic acids is 1. The average molecular weight is 421 g/mol. The number of hydrogen-bond donors (Lipinski definition) is 0. The van der Waals surface area contributed by atoms with Gasteiger partial charge in [-0.1, -0.05) is 58.8 Å². The molecule has 2 aromatic heterocycles. The zero-order valence-corrected chi connectivity index (χ0v) is 17.2. The van der Waals surface area contributed by atoms with Crippen molar-refractivity contribution in [2.45, 2.75) is 20.4 Å². The molecular weight excluding hydrogens is 407 g/mol. The third kappa shape index (κ3) is 2.79. The Morgan fingerprint density at radius 1 is 1.15 bits per heavy atom. The van der Waals surface area contributed by atoms with Crippen LogP contribution in [-0.4, -0.2) is 10.5 Å². The number of benzene rings is 2. The number of nitrogens with zero attached hydrogens (tertiary/aromatic N) is 2. The standard InChI is InChI=1S/C19H14Cl2N2OS2/c1-3-23-15-10(2)8-9-12(20)16(15)26-19(23)22-18(24)17-14(21)11-6-4-5-7-13(11)25-17/h4-9H,3H2,1-2H3. The van der Waals surface area contributed by atoms with Crippen molar-refractivity contribution in [3.8, 4) is 0 Å². The maximum Gasteiger partial charge on any atom is 0.291 e. The van der Waals surface area contributed by atoms with Crippen molar-refractivity contribution in [2.24, 2.45) is 4.99 Å². The van der Waals surface area contributed by atoms with Crippen molar-refractivity contribution in [1.29, 1.82) is 0 Å². The molecule has 0 unspecified atom stereocenters. The number of thiazole rings is 1. The van der Waals surface area contributed by atoms with Crippen LogP contribution in [0.15, 0.2) is 41.4 Å². The van der Waals surface area contributed by atoms with Crippen LogP contribution in [0.5, 0.6) is 0 Å². The second-order valence-electron chi connectivity index (χ2n) is 5.83. The number of amides is 1. The van der Waals surface area contributed by atoms with Crippen LogP contribution in [0.3, 0.4) is 0 Å². The van der Waals surface area contributed by atoms with E-state index in [0.717, 1.165) is 25.9 Å². The molecule has 4 aromatic rings. The van der Waals surface area contributed by atoms with E-state index in [0.29, 0.717) is 26.3 Å². The molecule has 3 nitrogen and oxygen atoms in total. The Morgan fingerprint density at radius 3 is 2.65 bits per heavy atom. The third-order valence-electron chi connectivity index (χ3n) is 4.22. The molecule has 0 N–H and O–H groups in total. The fraction of sp³-hybridized carbons (Fsp3) is 0.158. The number of carbonyl (C=O) groups is 1. The highest BCUT2D eigenvalue weighted by molar-refractivity contribution is 7.21. The molecule has 7 heteroatoms. The Morgan fingerprint density at radius 2 is 1.92 bits per heavy atom. The van der Waals surface area contributed by atoms with Gasteiger partial charge < -0.3 is 4.57 Å². The van der Waals surface area contributed by atoms with Crippen LogP contribution < -0.4 is 4.80 Å². The second-order valence-corrected chi connectivity index (χ2v) is 8.64. The van der Waals surface area contributed by atoms with Gasteiger partial charge in [-0.3, -0.25) is 4.79 Å². The molecular formula is C19H14Cl2N2OS2.